The van der Waals surface area contributed by atoms with Crippen LogP contribution in [0.3, 0.4) is 0 Å². The summed E-state index contributed by atoms with van der Waals surface area (Å²) in [5.41, 5.74) is 3.51. The van der Waals surface area contributed by atoms with E-state index in [2.05, 4.69) is 21.3 Å². The highest BCUT2D eigenvalue weighted by Gasteiger charge is 2.38. The summed E-state index contributed by atoms with van der Waals surface area (Å²) in [5.74, 6) is -1.85. The lowest BCUT2D eigenvalue weighted by molar-refractivity contribution is -0.135. The zero-order valence-corrected chi connectivity index (χ0v) is 35.1. The first kappa shape index (κ1) is 44.5. The highest BCUT2D eigenvalue weighted by molar-refractivity contribution is 5.93. The molecule has 320 valence electrons. The summed E-state index contributed by atoms with van der Waals surface area (Å²) < 4.78 is 10.6. The Morgan fingerprint density at radius 3 is 1.66 bits per heavy atom. The second-order valence-electron chi connectivity index (χ2n) is 15.8. The maximum atomic E-state index is 14.4. The van der Waals surface area contributed by atoms with Crippen molar-refractivity contribution < 1.29 is 33.4 Å². The highest BCUT2D eigenvalue weighted by Crippen LogP contribution is 2.37. The van der Waals surface area contributed by atoms with E-state index in [1.54, 1.807) is 6.08 Å². The van der Waals surface area contributed by atoms with Crippen LogP contribution < -0.4 is 21.3 Å². The van der Waals surface area contributed by atoms with E-state index in [1.807, 2.05) is 166 Å². The lowest BCUT2D eigenvalue weighted by Crippen LogP contribution is -2.56. The smallest absolute Gasteiger partial charge is 0.408 e. The third kappa shape index (κ3) is 12.3. The van der Waals surface area contributed by atoms with E-state index in [-0.39, 0.29) is 50.7 Å². The van der Waals surface area contributed by atoms with E-state index in [1.165, 1.54) is 0 Å². The molecule has 62 heavy (non-hydrogen) atoms. The van der Waals surface area contributed by atoms with E-state index < -0.39 is 47.5 Å². The van der Waals surface area contributed by atoms with Crippen molar-refractivity contribution in [1.29, 1.82) is 0 Å². The first-order chi connectivity index (χ1) is 30.1. The van der Waals surface area contributed by atoms with Gasteiger partial charge in [-0.1, -0.05) is 172 Å². The first-order valence-electron chi connectivity index (χ1n) is 21.1. The Balaban J connectivity index is 1.23. The molecule has 5 aromatic carbocycles. The Morgan fingerprint density at radius 1 is 0.661 bits per heavy atom. The van der Waals surface area contributed by atoms with Crippen LogP contribution in [0.5, 0.6) is 0 Å². The van der Waals surface area contributed by atoms with Gasteiger partial charge in [0.2, 0.25) is 17.7 Å². The van der Waals surface area contributed by atoms with Gasteiger partial charge < -0.3 is 30.7 Å². The Kier molecular flexibility index (Phi) is 15.8. The summed E-state index contributed by atoms with van der Waals surface area (Å²) in [4.78, 5) is 68.4. The zero-order valence-electron chi connectivity index (χ0n) is 35.1. The molecule has 0 bridgehead atoms. The number of carbonyl (C=O) groups excluding carboxylic acids is 5. The normalized spacial score (nSPS) is 14.6. The van der Waals surface area contributed by atoms with Gasteiger partial charge in [-0.15, -0.1) is 0 Å². The average molecular weight is 835 g/mol. The number of rotatable bonds is 19. The summed E-state index contributed by atoms with van der Waals surface area (Å²) >= 11 is 0. The summed E-state index contributed by atoms with van der Waals surface area (Å²) in [6.07, 6.45) is 1.75. The molecule has 1 heterocycles. The van der Waals surface area contributed by atoms with Crippen LogP contribution in [0.2, 0.25) is 0 Å². The fourth-order valence-corrected chi connectivity index (χ4v) is 7.60. The average Bonchev–Trinajstić information content (AvgIpc) is 3.70. The molecule has 0 unspecified atom stereocenters. The van der Waals surface area contributed by atoms with Crippen LogP contribution >= 0.6 is 0 Å². The number of hydrogen-bond donors (Lipinski definition) is 4. The topological polar surface area (TPSA) is 152 Å². The monoisotopic (exact) mass is 834 g/mol. The Hall–Kier alpha value is -7.01. The molecule has 1 saturated heterocycles. The van der Waals surface area contributed by atoms with Crippen LogP contribution in [0.4, 0.5) is 4.79 Å². The van der Waals surface area contributed by atoms with Crippen molar-refractivity contribution in [2.45, 2.75) is 76.2 Å². The summed E-state index contributed by atoms with van der Waals surface area (Å²) in [6, 6.07) is 44.9. The third-order valence-electron chi connectivity index (χ3n) is 10.7. The maximum absolute atomic E-state index is 14.4. The molecule has 0 radical (unpaired) electrons. The summed E-state index contributed by atoms with van der Waals surface area (Å²) in [5, 5.41) is 12.0. The molecule has 11 nitrogen and oxygen atoms in total. The van der Waals surface area contributed by atoms with Gasteiger partial charge >= 0.3 is 12.1 Å². The second-order valence-corrected chi connectivity index (χ2v) is 15.8. The number of nitrogens with one attached hydrogen (secondary N) is 4. The molecule has 1 aliphatic heterocycles. The minimum atomic E-state index is -1.09. The maximum Gasteiger partial charge on any atom is 0.408 e. The van der Waals surface area contributed by atoms with E-state index in [4.69, 9.17) is 9.47 Å². The minimum absolute atomic E-state index is 0.0132. The van der Waals surface area contributed by atoms with Gasteiger partial charge in [0.05, 0.1) is 6.61 Å². The van der Waals surface area contributed by atoms with Gasteiger partial charge in [-0.2, -0.15) is 0 Å². The predicted molar refractivity (Wildman–Crippen MR) is 237 cm³/mol. The van der Waals surface area contributed by atoms with Crippen molar-refractivity contribution >= 4 is 29.8 Å². The number of benzene rings is 5. The van der Waals surface area contributed by atoms with Gasteiger partial charge in [-0.05, 0) is 46.6 Å². The van der Waals surface area contributed by atoms with E-state index >= 15 is 0 Å². The molecule has 0 aliphatic carbocycles. The number of cyclic esters (lactones) is 1. The second kappa shape index (κ2) is 22.0. The van der Waals surface area contributed by atoms with Gasteiger partial charge in [0.15, 0.2) is 0 Å². The Bertz CT molecular complexity index is 2170. The van der Waals surface area contributed by atoms with Crippen molar-refractivity contribution in [3.63, 3.8) is 0 Å². The number of ether oxygens (including phenoxy) is 2. The standard InChI is InChI=1S/C51H54N4O7/c1-36(2)32-44(54-50(60)62-35-38-20-10-4-11-21-38)48(58)53-45(33-37-18-8-3-9-19-37)47(57)52-43(34-39-30-31-61-49(39)59)28-29-46(56)55-51(40-22-12-5-13-23-40,41-24-14-6-15-25-41)42-26-16-7-17-27-42/h3-27,34,36,43-45H,28-33,35H2,1-2H3,(H,52,57)(H,53,58)(H,54,60)(H,55,56)/b39-34+/t43-,44-,45-/m0/s1. The number of carbonyl (C=O) groups is 5. The lowest BCUT2D eigenvalue weighted by Gasteiger charge is -2.37. The zero-order chi connectivity index (χ0) is 43.7. The molecule has 4 N–H and O–H groups in total. The number of hydrogen-bond acceptors (Lipinski definition) is 7. The number of alkyl carbamates (subject to hydrolysis) is 1. The van der Waals surface area contributed by atoms with E-state index in [9.17, 15) is 24.0 Å². The number of amides is 4. The molecule has 1 fully saturated rings. The fraction of sp³-hybridized carbons (Fsp3) is 0.275. The summed E-state index contributed by atoms with van der Waals surface area (Å²) in [7, 11) is 0. The quantitative estimate of drug-likeness (QED) is 0.0387. The molecule has 11 heteroatoms. The van der Waals surface area contributed by atoms with E-state index in [0.717, 1.165) is 27.8 Å². The summed E-state index contributed by atoms with van der Waals surface area (Å²) in [6.45, 7) is 4.09. The molecule has 0 saturated carbocycles. The molecular formula is C51H54N4O7. The Labute approximate surface area is 363 Å². The van der Waals surface area contributed by atoms with Crippen LogP contribution in [-0.2, 0) is 47.2 Å². The molecule has 0 spiro atoms. The van der Waals surface area contributed by atoms with Crippen LogP contribution in [0.1, 0.15) is 67.3 Å². The van der Waals surface area contributed by atoms with Crippen LogP contribution in [0.15, 0.2) is 163 Å². The van der Waals surface area contributed by atoms with Gasteiger partial charge in [-0.25, -0.2) is 9.59 Å². The lowest BCUT2D eigenvalue weighted by atomic mass is 9.77. The van der Waals surface area contributed by atoms with Crippen LogP contribution in [0.25, 0.3) is 0 Å². The number of esters is 1. The molecule has 5 aromatic rings. The molecular weight excluding hydrogens is 781 g/mol. The molecule has 1 aliphatic rings. The van der Waals surface area contributed by atoms with Crippen molar-refractivity contribution in [3.05, 3.63) is 191 Å². The Morgan fingerprint density at radius 2 is 1.16 bits per heavy atom. The largest absolute Gasteiger partial charge is 0.462 e. The van der Waals surface area contributed by atoms with E-state index in [0.29, 0.717) is 12.0 Å². The fourth-order valence-electron chi connectivity index (χ4n) is 7.60. The van der Waals surface area contributed by atoms with Crippen molar-refractivity contribution in [2.24, 2.45) is 5.92 Å². The highest BCUT2D eigenvalue weighted by atomic mass is 16.5. The van der Waals surface area contributed by atoms with Crippen molar-refractivity contribution in [3.8, 4) is 0 Å². The first-order valence-corrected chi connectivity index (χ1v) is 21.1. The van der Waals surface area contributed by atoms with Crippen LogP contribution in [0, 0.1) is 5.92 Å². The molecule has 0 aromatic heterocycles. The van der Waals surface area contributed by atoms with Crippen LogP contribution in [-0.4, -0.2) is 54.5 Å². The minimum Gasteiger partial charge on any atom is -0.462 e. The van der Waals surface area contributed by atoms with Gasteiger partial charge in [0.1, 0.15) is 24.2 Å². The van der Waals surface area contributed by atoms with Crippen molar-refractivity contribution in [1.82, 2.24) is 21.3 Å². The molecule has 4 amide bonds. The van der Waals surface area contributed by atoms with Gasteiger partial charge in [-0.3, -0.25) is 14.4 Å². The van der Waals surface area contributed by atoms with Crippen molar-refractivity contribution in [2.75, 3.05) is 6.61 Å². The van der Waals surface area contributed by atoms with Gasteiger partial charge in [0, 0.05) is 30.9 Å². The SMILES string of the molecule is CC(C)C[C@H](NC(=O)OCc1ccccc1)C(=O)N[C@@H](Cc1ccccc1)C(=O)N[C@H](/C=C1\CCOC1=O)CCC(=O)NC(c1ccccc1)(c1ccccc1)c1ccccc1. The molecule has 6 rings (SSSR count). The third-order valence-corrected chi connectivity index (χ3v) is 10.7. The predicted octanol–water partition coefficient (Wildman–Crippen LogP) is 7.30. The van der Waals surface area contributed by atoms with Gasteiger partial charge in [0.25, 0.3) is 0 Å². The molecule has 3 atom stereocenters.